The molecule has 1 aliphatic heterocycles. The molecule has 0 saturated heterocycles. The van der Waals surface area contributed by atoms with E-state index in [0.717, 1.165) is 0 Å². The van der Waals surface area contributed by atoms with Crippen LogP contribution in [0.2, 0.25) is 0 Å². The molecule has 2 rings (SSSR count). The Labute approximate surface area is 109 Å². The van der Waals surface area contributed by atoms with Crippen molar-refractivity contribution in [3.8, 4) is 0 Å². The minimum atomic E-state index is -0.272. The molecule has 0 radical (unpaired) electrons. The standard InChI is InChI=1S/C10H8Br2N2O2/c1-2-4-5(15)3-13-10(16)8-6(4)7(11)9(12)14-8/h2,14H,3H2,1H3,(H,13,16)/b4-2+. The topological polar surface area (TPSA) is 62.0 Å². The Bertz CT molecular complexity index is 517. The monoisotopic (exact) mass is 346 g/mol. The Balaban J connectivity index is 2.74. The molecule has 0 fully saturated rings. The van der Waals surface area contributed by atoms with Gasteiger partial charge < -0.3 is 10.3 Å². The maximum Gasteiger partial charge on any atom is 0.268 e. The van der Waals surface area contributed by atoms with E-state index >= 15 is 0 Å². The fraction of sp³-hybridized carbons (Fsp3) is 0.200. The molecule has 4 nitrogen and oxygen atoms in total. The SMILES string of the molecule is C/C=C1\C(=O)CNC(=O)c2[nH]c(Br)c(Br)c21. The van der Waals surface area contributed by atoms with Gasteiger partial charge >= 0.3 is 0 Å². The van der Waals surface area contributed by atoms with Crippen LogP contribution >= 0.6 is 31.9 Å². The Kier molecular flexibility index (Phi) is 3.03. The van der Waals surface area contributed by atoms with E-state index in [4.69, 9.17) is 0 Å². The number of aromatic nitrogens is 1. The Morgan fingerprint density at radius 2 is 2.00 bits per heavy atom. The van der Waals surface area contributed by atoms with E-state index in [2.05, 4.69) is 42.2 Å². The van der Waals surface area contributed by atoms with Crippen molar-refractivity contribution in [1.29, 1.82) is 0 Å². The summed E-state index contributed by atoms with van der Waals surface area (Å²) in [5.41, 5.74) is 1.56. The zero-order valence-corrected chi connectivity index (χ0v) is 11.5. The molecule has 2 heterocycles. The highest BCUT2D eigenvalue weighted by Gasteiger charge is 2.28. The zero-order valence-electron chi connectivity index (χ0n) is 8.36. The Hall–Kier alpha value is -0.880. The summed E-state index contributed by atoms with van der Waals surface area (Å²) in [6.07, 6.45) is 1.71. The van der Waals surface area contributed by atoms with Crippen molar-refractivity contribution < 1.29 is 9.59 Å². The second-order valence-electron chi connectivity index (χ2n) is 3.31. The molecule has 2 N–H and O–H groups in total. The average Bonchev–Trinajstić information content (AvgIpc) is 2.48. The zero-order chi connectivity index (χ0) is 11.9. The van der Waals surface area contributed by atoms with Crippen LogP contribution in [0.1, 0.15) is 23.0 Å². The number of fused-ring (bicyclic) bond motifs is 1. The second-order valence-corrected chi connectivity index (χ2v) is 4.90. The van der Waals surface area contributed by atoms with Crippen LogP contribution in [0.25, 0.3) is 5.57 Å². The van der Waals surface area contributed by atoms with Gasteiger partial charge in [0.05, 0.1) is 15.6 Å². The van der Waals surface area contributed by atoms with Crippen molar-refractivity contribution in [3.63, 3.8) is 0 Å². The number of hydrogen-bond acceptors (Lipinski definition) is 2. The van der Waals surface area contributed by atoms with Crippen LogP contribution in [-0.4, -0.2) is 23.2 Å². The summed E-state index contributed by atoms with van der Waals surface area (Å²) in [4.78, 5) is 26.4. The molecule has 16 heavy (non-hydrogen) atoms. The van der Waals surface area contributed by atoms with E-state index in [1.165, 1.54) is 0 Å². The third kappa shape index (κ3) is 1.66. The van der Waals surface area contributed by atoms with Crippen LogP contribution in [-0.2, 0) is 4.79 Å². The number of carbonyl (C=O) groups excluding carboxylic acids is 2. The predicted molar refractivity (Wildman–Crippen MR) is 67.2 cm³/mol. The predicted octanol–water partition coefficient (Wildman–Crippen LogP) is 2.26. The molecule has 1 aliphatic rings. The number of allylic oxidation sites excluding steroid dienone is 1. The van der Waals surface area contributed by atoms with E-state index < -0.39 is 0 Å². The molecule has 0 aromatic carbocycles. The smallest absolute Gasteiger partial charge is 0.268 e. The number of amides is 1. The third-order valence-electron chi connectivity index (χ3n) is 2.39. The number of ketones is 1. The fourth-order valence-corrected chi connectivity index (χ4v) is 2.57. The lowest BCUT2D eigenvalue weighted by molar-refractivity contribution is -0.112. The van der Waals surface area contributed by atoms with Crippen LogP contribution in [0.5, 0.6) is 0 Å². The van der Waals surface area contributed by atoms with Crippen molar-refractivity contribution >= 4 is 49.1 Å². The highest BCUT2D eigenvalue weighted by Crippen LogP contribution is 2.35. The lowest BCUT2D eigenvalue weighted by Crippen LogP contribution is -2.26. The summed E-state index contributed by atoms with van der Waals surface area (Å²) in [6, 6.07) is 0. The van der Waals surface area contributed by atoms with Crippen molar-refractivity contribution in [2.24, 2.45) is 0 Å². The molecule has 1 aromatic rings. The molecule has 0 spiro atoms. The van der Waals surface area contributed by atoms with Crippen molar-refractivity contribution in [2.45, 2.75) is 6.92 Å². The first kappa shape index (κ1) is 11.6. The van der Waals surface area contributed by atoms with Gasteiger partial charge in [-0.3, -0.25) is 9.59 Å². The van der Waals surface area contributed by atoms with E-state index in [9.17, 15) is 9.59 Å². The molecular weight excluding hydrogens is 340 g/mol. The fourth-order valence-electron chi connectivity index (χ4n) is 1.66. The molecule has 0 saturated carbocycles. The molecule has 84 valence electrons. The third-order valence-corrected chi connectivity index (χ3v) is 4.31. The van der Waals surface area contributed by atoms with E-state index in [1.807, 2.05) is 0 Å². The van der Waals surface area contributed by atoms with Crippen LogP contribution in [0.15, 0.2) is 15.2 Å². The molecular formula is C10H8Br2N2O2. The van der Waals surface area contributed by atoms with Gasteiger partial charge in [-0.1, -0.05) is 6.08 Å². The normalized spacial score (nSPS) is 18.3. The Morgan fingerprint density at radius 3 is 2.62 bits per heavy atom. The van der Waals surface area contributed by atoms with Crippen LogP contribution in [0, 0.1) is 0 Å². The minimum Gasteiger partial charge on any atom is -0.344 e. The number of carbonyl (C=O) groups is 2. The molecule has 1 amide bonds. The Morgan fingerprint density at radius 1 is 1.31 bits per heavy atom. The molecule has 0 aliphatic carbocycles. The summed E-state index contributed by atoms with van der Waals surface area (Å²) >= 11 is 6.64. The number of halogens is 2. The quantitative estimate of drug-likeness (QED) is 0.707. The molecule has 1 aromatic heterocycles. The van der Waals surface area contributed by atoms with E-state index in [-0.39, 0.29) is 18.2 Å². The van der Waals surface area contributed by atoms with Crippen LogP contribution in [0.4, 0.5) is 0 Å². The largest absolute Gasteiger partial charge is 0.344 e. The molecule has 6 heteroatoms. The van der Waals surface area contributed by atoms with Crippen molar-refractivity contribution in [1.82, 2.24) is 10.3 Å². The molecule has 0 atom stereocenters. The number of aromatic amines is 1. The van der Waals surface area contributed by atoms with Crippen molar-refractivity contribution in [2.75, 3.05) is 6.54 Å². The lowest BCUT2D eigenvalue weighted by Gasteiger charge is -2.01. The first-order valence-corrected chi connectivity index (χ1v) is 6.20. The van der Waals surface area contributed by atoms with Crippen molar-refractivity contribution in [3.05, 3.63) is 26.4 Å². The summed E-state index contributed by atoms with van der Waals surface area (Å²) in [5.74, 6) is -0.367. The first-order valence-electron chi connectivity index (χ1n) is 4.61. The highest BCUT2D eigenvalue weighted by molar-refractivity contribution is 9.13. The number of Topliss-reactive ketones (excluding diaryl/α,β-unsaturated/α-hetero) is 1. The van der Waals surface area contributed by atoms with Gasteiger partial charge in [0.15, 0.2) is 5.78 Å². The van der Waals surface area contributed by atoms with Crippen LogP contribution < -0.4 is 5.32 Å². The number of H-pyrrole nitrogens is 1. The average molecular weight is 348 g/mol. The summed E-state index contributed by atoms with van der Waals surface area (Å²) in [6.45, 7) is 1.81. The molecule has 0 unspecified atom stereocenters. The van der Waals surface area contributed by atoms with Gasteiger partial charge in [0, 0.05) is 11.1 Å². The number of nitrogens with one attached hydrogen (secondary N) is 2. The minimum absolute atomic E-state index is 0.0328. The van der Waals surface area contributed by atoms with Gasteiger partial charge in [0.2, 0.25) is 0 Å². The summed E-state index contributed by atoms with van der Waals surface area (Å²) in [5, 5.41) is 2.55. The van der Waals surface area contributed by atoms with E-state index in [1.54, 1.807) is 13.0 Å². The van der Waals surface area contributed by atoms with E-state index in [0.29, 0.717) is 25.9 Å². The number of hydrogen-bond donors (Lipinski definition) is 2. The van der Waals surface area contributed by atoms with Gasteiger partial charge in [-0.15, -0.1) is 0 Å². The van der Waals surface area contributed by atoms with Crippen LogP contribution in [0.3, 0.4) is 0 Å². The summed E-state index contributed by atoms with van der Waals surface area (Å²) in [7, 11) is 0. The molecule has 0 bridgehead atoms. The maximum atomic E-state index is 11.8. The first-order chi connectivity index (χ1) is 7.56. The summed E-state index contributed by atoms with van der Waals surface area (Å²) < 4.78 is 1.35. The van der Waals surface area contributed by atoms with Gasteiger partial charge in [0.25, 0.3) is 5.91 Å². The highest BCUT2D eigenvalue weighted by atomic mass is 79.9. The van der Waals surface area contributed by atoms with Gasteiger partial charge in [-0.2, -0.15) is 0 Å². The second kappa shape index (κ2) is 4.18. The van der Waals surface area contributed by atoms with Gasteiger partial charge in [0.1, 0.15) is 5.69 Å². The van der Waals surface area contributed by atoms with Gasteiger partial charge in [-0.05, 0) is 38.8 Å². The lowest BCUT2D eigenvalue weighted by atomic mass is 10.0. The van der Waals surface area contributed by atoms with Gasteiger partial charge in [-0.25, -0.2) is 0 Å². The number of rotatable bonds is 0. The maximum absolute atomic E-state index is 11.8.